The number of nitrogens with zero attached hydrogens (tertiary/aromatic N) is 1. The lowest BCUT2D eigenvalue weighted by atomic mass is 10.1. The first-order valence-corrected chi connectivity index (χ1v) is 11.8. The summed E-state index contributed by atoms with van der Waals surface area (Å²) in [5.41, 5.74) is 0.788. The van der Waals surface area contributed by atoms with E-state index in [1.54, 1.807) is 61.7 Å². The van der Waals surface area contributed by atoms with Crippen molar-refractivity contribution >= 4 is 29.9 Å². The lowest BCUT2D eigenvalue weighted by Gasteiger charge is -2.12. The minimum atomic E-state index is -0.786. The molecule has 1 aliphatic heterocycles. The number of fused-ring (bicyclic) bond motifs is 1. The Labute approximate surface area is 220 Å². The molecule has 3 aromatic carbocycles. The van der Waals surface area contributed by atoms with E-state index in [0.717, 1.165) is 4.90 Å². The lowest BCUT2D eigenvalue weighted by molar-refractivity contribution is -0.134. The van der Waals surface area contributed by atoms with Gasteiger partial charge in [0, 0.05) is 0 Å². The monoisotopic (exact) mass is 523 g/mol. The number of rotatable bonds is 6. The Hall–Kier alpha value is -5.51. The summed E-state index contributed by atoms with van der Waals surface area (Å²) in [5, 5.41) is 0.143. The SMILES string of the molecule is COc1ccc(C=c2[nH]c(=O)c(=Cc3ccc(OC(=O)CN4C(=O)c5ccccc5C4=O)cc3)[nH]c2=O)cc1. The molecule has 0 saturated heterocycles. The van der Waals surface area contributed by atoms with E-state index in [4.69, 9.17) is 9.47 Å². The number of imide groups is 1. The number of benzene rings is 3. The van der Waals surface area contributed by atoms with Gasteiger partial charge in [0.05, 0.1) is 18.2 Å². The molecule has 4 aromatic rings. The van der Waals surface area contributed by atoms with Crippen LogP contribution in [0.5, 0.6) is 11.5 Å². The fourth-order valence-electron chi connectivity index (χ4n) is 4.04. The number of hydrogen-bond acceptors (Lipinski definition) is 7. The molecule has 0 unspecified atom stereocenters. The highest BCUT2D eigenvalue weighted by Crippen LogP contribution is 2.22. The maximum atomic E-state index is 12.6. The van der Waals surface area contributed by atoms with Gasteiger partial charge in [-0.3, -0.25) is 24.1 Å². The Morgan fingerprint density at radius 3 is 1.64 bits per heavy atom. The number of aromatic amines is 2. The molecule has 0 saturated carbocycles. The molecule has 39 heavy (non-hydrogen) atoms. The molecule has 0 radical (unpaired) electrons. The number of nitrogens with one attached hydrogen (secondary N) is 2. The van der Waals surface area contributed by atoms with E-state index in [-0.39, 0.29) is 27.6 Å². The zero-order valence-corrected chi connectivity index (χ0v) is 20.6. The highest BCUT2D eigenvalue weighted by molar-refractivity contribution is 6.22. The number of ether oxygens (including phenoxy) is 2. The molecule has 1 aliphatic rings. The average molecular weight is 524 g/mol. The van der Waals surface area contributed by atoms with Gasteiger partial charge in [-0.15, -0.1) is 0 Å². The van der Waals surface area contributed by atoms with E-state index in [1.807, 2.05) is 0 Å². The quantitative estimate of drug-likeness (QED) is 0.218. The minimum absolute atomic E-state index is 0.0438. The number of carbonyl (C=O) groups is 3. The van der Waals surface area contributed by atoms with Gasteiger partial charge in [0.25, 0.3) is 22.9 Å². The first-order chi connectivity index (χ1) is 18.8. The van der Waals surface area contributed by atoms with Gasteiger partial charge < -0.3 is 19.4 Å². The predicted molar refractivity (Wildman–Crippen MR) is 141 cm³/mol. The zero-order chi connectivity index (χ0) is 27.5. The van der Waals surface area contributed by atoms with Crippen molar-refractivity contribution in [3.05, 3.63) is 126 Å². The number of aromatic nitrogens is 2. The molecule has 2 heterocycles. The number of carbonyl (C=O) groups excluding carboxylic acids is 3. The summed E-state index contributed by atoms with van der Waals surface area (Å²) in [6.45, 7) is -0.531. The molecule has 5 rings (SSSR count). The van der Waals surface area contributed by atoms with Gasteiger partial charge in [-0.2, -0.15) is 0 Å². The molecule has 0 fully saturated rings. The van der Waals surface area contributed by atoms with Crippen LogP contribution in [0.15, 0.2) is 82.4 Å². The van der Waals surface area contributed by atoms with Gasteiger partial charge >= 0.3 is 5.97 Å². The van der Waals surface area contributed by atoms with Crippen molar-refractivity contribution < 1.29 is 23.9 Å². The normalized spacial score (nSPS) is 13.5. The number of hydrogen-bond donors (Lipinski definition) is 2. The molecule has 1 aromatic heterocycles. The van der Waals surface area contributed by atoms with E-state index in [9.17, 15) is 24.0 Å². The van der Waals surface area contributed by atoms with Gasteiger partial charge in [-0.25, -0.2) is 4.79 Å². The Balaban J connectivity index is 1.29. The van der Waals surface area contributed by atoms with Gasteiger partial charge in [-0.1, -0.05) is 36.4 Å². The third kappa shape index (κ3) is 5.30. The van der Waals surface area contributed by atoms with E-state index in [1.165, 1.54) is 30.3 Å². The maximum absolute atomic E-state index is 12.6. The standard InChI is InChI=1S/C29H21N3O7/c1-38-19-10-6-17(7-11-19)14-23-26(34)31-24(27(35)30-23)15-18-8-12-20(13-9-18)39-25(33)16-32-28(36)21-4-2-3-5-22(21)29(32)37/h2-15H,16H2,1H3,(H,30,35)(H,31,34). The van der Waals surface area contributed by atoms with Gasteiger partial charge in [-0.05, 0) is 59.7 Å². The Bertz CT molecular complexity index is 1800. The fourth-order valence-corrected chi connectivity index (χ4v) is 4.04. The summed E-state index contributed by atoms with van der Waals surface area (Å²) in [6.07, 6.45) is 3.02. The van der Waals surface area contributed by atoms with Crippen LogP contribution in [0, 0.1) is 0 Å². The first-order valence-electron chi connectivity index (χ1n) is 11.8. The molecular formula is C29H21N3O7. The van der Waals surface area contributed by atoms with Crippen LogP contribution in [-0.4, -0.2) is 46.3 Å². The molecule has 194 valence electrons. The summed E-state index contributed by atoms with van der Waals surface area (Å²) in [5.74, 6) is -1.04. The van der Waals surface area contributed by atoms with Crippen molar-refractivity contribution in [1.82, 2.24) is 14.9 Å². The van der Waals surface area contributed by atoms with Crippen LogP contribution in [0.2, 0.25) is 0 Å². The smallest absolute Gasteiger partial charge is 0.331 e. The van der Waals surface area contributed by atoms with Crippen LogP contribution >= 0.6 is 0 Å². The van der Waals surface area contributed by atoms with E-state index < -0.39 is 35.4 Å². The van der Waals surface area contributed by atoms with Crippen molar-refractivity contribution in [2.24, 2.45) is 0 Å². The number of H-pyrrole nitrogens is 2. The van der Waals surface area contributed by atoms with Crippen LogP contribution in [-0.2, 0) is 4.79 Å². The lowest BCUT2D eigenvalue weighted by Crippen LogP contribution is -2.46. The van der Waals surface area contributed by atoms with Crippen molar-refractivity contribution in [1.29, 1.82) is 0 Å². The Kier molecular flexibility index (Phi) is 6.75. The van der Waals surface area contributed by atoms with Gasteiger partial charge in [0.15, 0.2) is 0 Å². The Morgan fingerprint density at radius 1 is 0.718 bits per heavy atom. The van der Waals surface area contributed by atoms with Crippen molar-refractivity contribution in [2.75, 3.05) is 13.7 Å². The van der Waals surface area contributed by atoms with Crippen LogP contribution in [0.25, 0.3) is 12.2 Å². The number of methoxy groups -OCH3 is 1. The second kappa shape index (κ2) is 10.5. The predicted octanol–water partition coefficient (Wildman–Crippen LogP) is 0.931. The number of esters is 1. The number of amides is 2. The van der Waals surface area contributed by atoms with Crippen LogP contribution in [0.1, 0.15) is 31.8 Å². The summed E-state index contributed by atoms with van der Waals surface area (Å²) in [7, 11) is 1.55. The van der Waals surface area contributed by atoms with Crippen LogP contribution in [0.4, 0.5) is 0 Å². The maximum Gasteiger partial charge on any atom is 0.331 e. The molecular weight excluding hydrogens is 502 g/mol. The largest absolute Gasteiger partial charge is 0.497 e. The summed E-state index contributed by atoms with van der Waals surface area (Å²) >= 11 is 0. The summed E-state index contributed by atoms with van der Waals surface area (Å²) < 4.78 is 10.4. The van der Waals surface area contributed by atoms with Crippen LogP contribution in [0.3, 0.4) is 0 Å². The zero-order valence-electron chi connectivity index (χ0n) is 20.6. The van der Waals surface area contributed by atoms with Crippen molar-refractivity contribution in [3.8, 4) is 11.5 Å². The average Bonchev–Trinajstić information content (AvgIpc) is 3.17. The van der Waals surface area contributed by atoms with Crippen molar-refractivity contribution in [3.63, 3.8) is 0 Å². The molecule has 0 bridgehead atoms. The fraction of sp³-hybridized carbons (Fsp3) is 0.0690. The third-order valence-corrected chi connectivity index (χ3v) is 6.00. The molecule has 10 heteroatoms. The summed E-state index contributed by atoms with van der Waals surface area (Å²) in [4.78, 5) is 68.4. The third-order valence-electron chi connectivity index (χ3n) is 6.00. The molecule has 0 atom stereocenters. The van der Waals surface area contributed by atoms with Crippen molar-refractivity contribution in [2.45, 2.75) is 0 Å². The summed E-state index contributed by atoms with van der Waals surface area (Å²) in [6, 6.07) is 19.5. The van der Waals surface area contributed by atoms with E-state index >= 15 is 0 Å². The highest BCUT2D eigenvalue weighted by atomic mass is 16.5. The highest BCUT2D eigenvalue weighted by Gasteiger charge is 2.36. The molecule has 2 N–H and O–H groups in total. The minimum Gasteiger partial charge on any atom is -0.497 e. The van der Waals surface area contributed by atoms with Crippen LogP contribution < -0.4 is 31.3 Å². The Morgan fingerprint density at radius 2 is 1.18 bits per heavy atom. The van der Waals surface area contributed by atoms with Gasteiger partial charge in [0.1, 0.15) is 28.7 Å². The van der Waals surface area contributed by atoms with Gasteiger partial charge in [0.2, 0.25) is 0 Å². The van der Waals surface area contributed by atoms with E-state index in [2.05, 4.69) is 9.97 Å². The molecule has 0 aliphatic carbocycles. The van der Waals surface area contributed by atoms with E-state index in [0.29, 0.717) is 16.9 Å². The molecule has 10 nitrogen and oxygen atoms in total. The first kappa shape index (κ1) is 25.2. The molecule has 2 amide bonds. The molecule has 0 spiro atoms. The topological polar surface area (TPSA) is 139 Å². The second-order valence-corrected chi connectivity index (χ2v) is 8.58. The second-order valence-electron chi connectivity index (χ2n) is 8.58.